The molecule has 0 aliphatic carbocycles. The molecule has 1 rings (SSSR count). The van der Waals surface area contributed by atoms with Crippen LogP contribution in [0.4, 0.5) is 0 Å². The van der Waals surface area contributed by atoms with Gasteiger partial charge in [0.05, 0.1) is 6.07 Å². The Hall–Kier alpha value is -0.850. The second-order valence-corrected chi connectivity index (χ2v) is 3.29. The average molecular weight is 181 g/mol. The summed E-state index contributed by atoms with van der Waals surface area (Å²) in [6, 6.07) is 2.05. The highest BCUT2D eigenvalue weighted by Gasteiger charge is 2.19. The number of nitrogens with zero attached hydrogens (tertiary/aromatic N) is 1. The maximum atomic E-state index is 8.74. The molecule has 0 saturated carbocycles. The Bertz CT molecular complexity index is 213. The summed E-state index contributed by atoms with van der Waals surface area (Å²) in [6.07, 6.45) is 2.34. The van der Waals surface area contributed by atoms with Gasteiger partial charge in [0, 0.05) is 6.61 Å². The fourth-order valence-electron chi connectivity index (χ4n) is 1.23. The van der Waals surface area contributed by atoms with E-state index in [1.807, 2.05) is 6.07 Å². The molecule has 0 aromatic carbocycles. The van der Waals surface area contributed by atoms with Gasteiger partial charge in [-0.3, -0.25) is 0 Å². The van der Waals surface area contributed by atoms with Crippen molar-refractivity contribution in [2.75, 3.05) is 6.61 Å². The standard InChI is InChI=1S/C10H15NO2/c1-8(2)9(7-11)13-10-5-3-4-6-12-10/h9-10H,1,3-6H2,2H3. The highest BCUT2D eigenvalue weighted by molar-refractivity contribution is 5.09. The third-order valence-corrected chi connectivity index (χ3v) is 1.99. The molecule has 2 unspecified atom stereocenters. The van der Waals surface area contributed by atoms with Gasteiger partial charge in [0.2, 0.25) is 0 Å². The zero-order valence-electron chi connectivity index (χ0n) is 7.95. The van der Waals surface area contributed by atoms with Crippen LogP contribution in [0.1, 0.15) is 26.2 Å². The fourth-order valence-corrected chi connectivity index (χ4v) is 1.23. The smallest absolute Gasteiger partial charge is 0.167 e. The number of rotatable bonds is 3. The van der Waals surface area contributed by atoms with E-state index in [0.29, 0.717) is 0 Å². The normalized spacial score (nSPS) is 24.8. The van der Waals surface area contributed by atoms with Crippen molar-refractivity contribution in [1.29, 1.82) is 5.26 Å². The molecule has 0 aromatic rings. The first-order chi connectivity index (χ1) is 6.24. The fraction of sp³-hybridized carbons (Fsp3) is 0.700. The van der Waals surface area contributed by atoms with Crippen LogP contribution in [0.25, 0.3) is 0 Å². The molecule has 0 N–H and O–H groups in total. The average Bonchev–Trinajstić information content (AvgIpc) is 2.15. The van der Waals surface area contributed by atoms with Gasteiger partial charge in [-0.2, -0.15) is 5.26 Å². The van der Waals surface area contributed by atoms with E-state index in [4.69, 9.17) is 14.7 Å². The molecule has 3 nitrogen and oxygen atoms in total. The molecular weight excluding hydrogens is 166 g/mol. The highest BCUT2D eigenvalue weighted by atomic mass is 16.7. The topological polar surface area (TPSA) is 42.2 Å². The number of hydrogen-bond donors (Lipinski definition) is 0. The van der Waals surface area contributed by atoms with E-state index in [-0.39, 0.29) is 6.29 Å². The molecule has 72 valence electrons. The van der Waals surface area contributed by atoms with Gasteiger partial charge in [0.1, 0.15) is 0 Å². The van der Waals surface area contributed by atoms with Crippen LogP contribution in [-0.4, -0.2) is 19.0 Å². The first-order valence-corrected chi connectivity index (χ1v) is 4.56. The van der Waals surface area contributed by atoms with Crippen molar-refractivity contribution in [3.8, 4) is 6.07 Å². The third kappa shape index (κ3) is 3.17. The summed E-state index contributed by atoms with van der Waals surface area (Å²) < 4.78 is 10.8. The lowest BCUT2D eigenvalue weighted by Crippen LogP contribution is -2.27. The van der Waals surface area contributed by atoms with E-state index >= 15 is 0 Å². The minimum Gasteiger partial charge on any atom is -0.353 e. The van der Waals surface area contributed by atoms with Crippen molar-refractivity contribution in [2.24, 2.45) is 0 Å². The minimum absolute atomic E-state index is 0.213. The van der Waals surface area contributed by atoms with E-state index in [9.17, 15) is 0 Å². The number of ether oxygens (including phenoxy) is 2. The third-order valence-electron chi connectivity index (χ3n) is 1.99. The summed E-state index contributed by atoms with van der Waals surface area (Å²) in [7, 11) is 0. The molecule has 0 radical (unpaired) electrons. The molecule has 1 aliphatic heterocycles. The molecule has 1 fully saturated rings. The predicted octanol–water partition coefficient (Wildman–Crippen LogP) is 2.00. The monoisotopic (exact) mass is 181 g/mol. The van der Waals surface area contributed by atoms with Crippen LogP contribution in [0.5, 0.6) is 0 Å². The van der Waals surface area contributed by atoms with Crippen LogP contribution >= 0.6 is 0 Å². The Morgan fingerprint density at radius 1 is 1.69 bits per heavy atom. The number of hydrogen-bond acceptors (Lipinski definition) is 3. The molecule has 1 heterocycles. The Labute approximate surface area is 78.9 Å². The molecule has 13 heavy (non-hydrogen) atoms. The molecule has 0 spiro atoms. The minimum atomic E-state index is -0.525. The van der Waals surface area contributed by atoms with Crippen molar-refractivity contribution in [3.05, 3.63) is 12.2 Å². The Balaban J connectivity index is 2.37. The van der Waals surface area contributed by atoms with Crippen LogP contribution in [0.2, 0.25) is 0 Å². The van der Waals surface area contributed by atoms with Crippen molar-refractivity contribution >= 4 is 0 Å². The van der Waals surface area contributed by atoms with Gasteiger partial charge < -0.3 is 9.47 Å². The van der Waals surface area contributed by atoms with Crippen molar-refractivity contribution in [3.63, 3.8) is 0 Å². The quantitative estimate of drug-likeness (QED) is 0.625. The van der Waals surface area contributed by atoms with Crippen molar-refractivity contribution in [1.82, 2.24) is 0 Å². The van der Waals surface area contributed by atoms with E-state index < -0.39 is 6.10 Å². The summed E-state index contributed by atoms with van der Waals surface area (Å²) in [5.41, 5.74) is 0.733. The number of nitriles is 1. The summed E-state index contributed by atoms with van der Waals surface area (Å²) in [4.78, 5) is 0. The Kier molecular flexibility index (Phi) is 3.94. The van der Waals surface area contributed by atoms with Gasteiger partial charge in [0.15, 0.2) is 12.4 Å². The second-order valence-electron chi connectivity index (χ2n) is 3.29. The lowest BCUT2D eigenvalue weighted by molar-refractivity contribution is -0.170. The van der Waals surface area contributed by atoms with Gasteiger partial charge in [-0.25, -0.2) is 0 Å². The summed E-state index contributed by atoms with van der Waals surface area (Å²) in [5, 5.41) is 8.74. The van der Waals surface area contributed by atoms with E-state index in [1.165, 1.54) is 0 Å². The molecule has 0 aromatic heterocycles. The summed E-state index contributed by atoms with van der Waals surface area (Å²) in [5.74, 6) is 0. The maximum absolute atomic E-state index is 8.74. The molecule has 2 atom stereocenters. The highest BCUT2D eigenvalue weighted by Crippen LogP contribution is 2.17. The van der Waals surface area contributed by atoms with Gasteiger partial charge >= 0.3 is 0 Å². The van der Waals surface area contributed by atoms with Gasteiger partial charge in [-0.05, 0) is 31.8 Å². The molecule has 1 aliphatic rings. The van der Waals surface area contributed by atoms with Gasteiger partial charge in [-0.15, -0.1) is 0 Å². The van der Waals surface area contributed by atoms with Gasteiger partial charge in [-0.1, -0.05) is 6.58 Å². The molecule has 3 heteroatoms. The largest absolute Gasteiger partial charge is 0.353 e. The first kappa shape index (κ1) is 10.2. The first-order valence-electron chi connectivity index (χ1n) is 4.56. The van der Waals surface area contributed by atoms with Crippen LogP contribution in [-0.2, 0) is 9.47 Å². The molecule has 0 amide bonds. The van der Waals surface area contributed by atoms with E-state index in [1.54, 1.807) is 6.92 Å². The zero-order valence-corrected chi connectivity index (χ0v) is 7.95. The molecule has 0 bridgehead atoms. The van der Waals surface area contributed by atoms with Gasteiger partial charge in [0.25, 0.3) is 0 Å². The van der Waals surface area contributed by atoms with Crippen molar-refractivity contribution in [2.45, 2.75) is 38.6 Å². The summed E-state index contributed by atoms with van der Waals surface area (Å²) in [6.45, 7) is 6.21. The van der Waals surface area contributed by atoms with Crippen molar-refractivity contribution < 1.29 is 9.47 Å². The SMILES string of the molecule is C=C(C)C(C#N)OC1CCCCO1. The lowest BCUT2D eigenvalue weighted by atomic mass is 10.2. The Morgan fingerprint density at radius 2 is 2.46 bits per heavy atom. The van der Waals surface area contributed by atoms with Crippen LogP contribution in [0.15, 0.2) is 12.2 Å². The maximum Gasteiger partial charge on any atom is 0.167 e. The lowest BCUT2D eigenvalue weighted by Gasteiger charge is -2.24. The Morgan fingerprint density at radius 3 is 2.92 bits per heavy atom. The van der Waals surface area contributed by atoms with Crippen LogP contribution < -0.4 is 0 Å². The zero-order chi connectivity index (χ0) is 9.68. The second kappa shape index (κ2) is 5.00. The van der Waals surface area contributed by atoms with Crippen LogP contribution in [0.3, 0.4) is 0 Å². The van der Waals surface area contributed by atoms with E-state index in [2.05, 4.69) is 6.58 Å². The molecular formula is C10H15NO2. The summed E-state index contributed by atoms with van der Waals surface area (Å²) >= 11 is 0. The molecule has 1 saturated heterocycles. The predicted molar refractivity (Wildman–Crippen MR) is 48.9 cm³/mol. The van der Waals surface area contributed by atoms with Crippen LogP contribution in [0, 0.1) is 11.3 Å². The van der Waals surface area contributed by atoms with E-state index in [0.717, 1.165) is 31.4 Å².